The Labute approximate surface area is 139 Å². The number of morpholine rings is 1. The molecule has 0 spiro atoms. The first-order valence-electron chi connectivity index (χ1n) is 8.81. The molecule has 5 heteroatoms. The van der Waals surface area contributed by atoms with Crippen LogP contribution in [0, 0.1) is 17.8 Å². The van der Waals surface area contributed by atoms with Crippen LogP contribution in [0.4, 0.5) is 0 Å². The molecular weight excluding hydrogens is 300 g/mol. The zero-order valence-electron chi connectivity index (χ0n) is 13.6. The van der Waals surface area contributed by atoms with Gasteiger partial charge in [0, 0.05) is 12.1 Å². The van der Waals surface area contributed by atoms with Crippen molar-refractivity contribution in [1.29, 1.82) is 0 Å². The molecule has 0 radical (unpaired) electrons. The zero-order valence-corrected chi connectivity index (χ0v) is 14.4. The summed E-state index contributed by atoms with van der Waals surface area (Å²) in [6, 6.07) is -0.0724. The van der Waals surface area contributed by atoms with Gasteiger partial charge in [-0.1, -0.05) is 6.92 Å². The van der Waals surface area contributed by atoms with Crippen LogP contribution in [0.15, 0.2) is 0 Å². The Morgan fingerprint density at radius 2 is 1.77 bits per heavy atom. The predicted octanol–water partition coefficient (Wildman–Crippen LogP) is 2.21. The Kier molecular flexibility index (Phi) is 4.73. The third kappa shape index (κ3) is 2.90. The second kappa shape index (κ2) is 6.29. The van der Waals surface area contributed by atoms with Gasteiger partial charge >= 0.3 is 0 Å². The van der Waals surface area contributed by atoms with Crippen molar-refractivity contribution in [3.8, 4) is 0 Å². The first-order valence-corrected chi connectivity index (χ1v) is 8.81. The van der Waals surface area contributed by atoms with Gasteiger partial charge in [0.1, 0.15) is 6.04 Å². The average Bonchev–Trinajstić information content (AvgIpc) is 2.45. The number of ether oxygens (including phenoxy) is 1. The summed E-state index contributed by atoms with van der Waals surface area (Å²) in [7, 11) is 0. The zero-order chi connectivity index (χ0) is 14.4. The maximum atomic E-state index is 12.8. The minimum Gasteiger partial charge on any atom is -0.378 e. The average molecular weight is 329 g/mol. The lowest BCUT2D eigenvalue weighted by Crippen LogP contribution is -2.64. The monoisotopic (exact) mass is 328 g/mol. The topological polar surface area (TPSA) is 41.6 Å². The summed E-state index contributed by atoms with van der Waals surface area (Å²) in [5.41, 5.74) is 0.128. The summed E-state index contributed by atoms with van der Waals surface area (Å²) < 4.78 is 5.55. The number of halogens is 1. The van der Waals surface area contributed by atoms with Gasteiger partial charge in [-0.15, -0.1) is 12.4 Å². The normalized spacial score (nSPS) is 43.7. The minimum atomic E-state index is -0.0724. The molecule has 5 fully saturated rings. The summed E-state index contributed by atoms with van der Waals surface area (Å²) >= 11 is 0. The lowest BCUT2D eigenvalue weighted by atomic mass is 9.53. The molecule has 0 aromatic heterocycles. The summed E-state index contributed by atoms with van der Waals surface area (Å²) in [6.07, 6.45) is 7.94. The largest absolute Gasteiger partial charge is 0.378 e. The molecule has 0 aromatic carbocycles. The maximum absolute atomic E-state index is 12.8. The van der Waals surface area contributed by atoms with E-state index >= 15 is 0 Å². The number of nitrogens with one attached hydrogen (secondary N) is 1. The van der Waals surface area contributed by atoms with E-state index < -0.39 is 0 Å². The number of nitrogens with zero attached hydrogens (tertiary/aromatic N) is 1. The van der Waals surface area contributed by atoms with Gasteiger partial charge in [0.15, 0.2) is 0 Å². The molecule has 4 saturated carbocycles. The molecule has 4 nitrogen and oxygen atoms in total. The number of amides is 1. The van der Waals surface area contributed by atoms with E-state index in [4.69, 9.17) is 4.74 Å². The molecule has 5 aliphatic rings. The van der Waals surface area contributed by atoms with Crippen molar-refractivity contribution >= 4 is 18.3 Å². The number of carbonyl (C=O) groups is 1. The molecule has 1 amide bonds. The molecular formula is C17H29ClN2O2. The van der Waals surface area contributed by atoms with Gasteiger partial charge in [-0.3, -0.25) is 9.69 Å². The van der Waals surface area contributed by atoms with Crippen LogP contribution in [-0.2, 0) is 9.53 Å². The number of hydrogen-bond acceptors (Lipinski definition) is 3. The third-order valence-electron chi connectivity index (χ3n) is 6.37. The van der Waals surface area contributed by atoms with Crippen LogP contribution in [0.2, 0.25) is 0 Å². The van der Waals surface area contributed by atoms with Crippen LogP contribution in [0.1, 0.15) is 45.4 Å². The second-order valence-corrected chi connectivity index (χ2v) is 7.91. The van der Waals surface area contributed by atoms with E-state index in [9.17, 15) is 4.79 Å². The van der Waals surface area contributed by atoms with Crippen molar-refractivity contribution in [2.45, 2.75) is 57.0 Å². The summed E-state index contributed by atoms with van der Waals surface area (Å²) in [5.74, 6) is 2.85. The number of hydrogen-bond donors (Lipinski definition) is 1. The molecule has 1 atom stereocenters. The van der Waals surface area contributed by atoms with Crippen LogP contribution < -0.4 is 5.32 Å². The molecule has 1 N–H and O–H groups in total. The maximum Gasteiger partial charge on any atom is 0.240 e. The Hall–Kier alpha value is -0.320. The van der Waals surface area contributed by atoms with E-state index in [1.807, 2.05) is 0 Å². The van der Waals surface area contributed by atoms with Crippen molar-refractivity contribution in [3.05, 3.63) is 0 Å². The Morgan fingerprint density at radius 1 is 1.18 bits per heavy atom. The molecule has 4 aliphatic carbocycles. The smallest absolute Gasteiger partial charge is 0.240 e. The third-order valence-corrected chi connectivity index (χ3v) is 6.37. The summed E-state index contributed by atoms with van der Waals surface area (Å²) in [4.78, 5) is 15.1. The highest BCUT2D eigenvalue weighted by Crippen LogP contribution is 2.55. The molecule has 22 heavy (non-hydrogen) atoms. The van der Waals surface area contributed by atoms with Crippen molar-refractivity contribution in [2.24, 2.45) is 17.8 Å². The van der Waals surface area contributed by atoms with Crippen molar-refractivity contribution < 1.29 is 9.53 Å². The minimum absolute atomic E-state index is 0. The molecule has 1 aliphatic heterocycles. The van der Waals surface area contributed by atoms with Crippen LogP contribution in [0.3, 0.4) is 0 Å². The van der Waals surface area contributed by atoms with Gasteiger partial charge < -0.3 is 10.1 Å². The number of likely N-dealkylation sites (N-methyl/N-ethyl adjacent to an activating group) is 1. The van der Waals surface area contributed by atoms with E-state index in [1.165, 1.54) is 38.5 Å². The van der Waals surface area contributed by atoms with E-state index in [0.717, 1.165) is 37.5 Å². The standard InChI is InChI=1S/C17H28N2O2.ClH/c1-2-19-3-4-21-11-15(19)16(20)18-17-8-12-5-13(9-17)7-14(6-12)10-17;/h12-15H,2-11H2,1H3,(H,18,20);1H/t12?,13?,14?,15-,17?;/m1./s1. The highest BCUT2D eigenvalue weighted by molar-refractivity contribution is 5.85. The first kappa shape index (κ1) is 16.5. The van der Waals surface area contributed by atoms with E-state index in [1.54, 1.807) is 0 Å². The first-order chi connectivity index (χ1) is 10.2. The Balaban J connectivity index is 0.00000144. The van der Waals surface area contributed by atoms with Crippen LogP contribution in [-0.4, -0.2) is 48.7 Å². The van der Waals surface area contributed by atoms with Gasteiger partial charge in [-0.05, 0) is 62.8 Å². The molecule has 0 unspecified atom stereocenters. The van der Waals surface area contributed by atoms with Crippen molar-refractivity contribution in [3.63, 3.8) is 0 Å². The highest BCUT2D eigenvalue weighted by Gasteiger charge is 2.52. The quantitative estimate of drug-likeness (QED) is 0.863. The van der Waals surface area contributed by atoms with Crippen LogP contribution in [0.25, 0.3) is 0 Å². The fourth-order valence-electron chi connectivity index (χ4n) is 5.87. The SMILES string of the molecule is CCN1CCOC[C@@H]1C(=O)NC12CC3CC(CC(C3)C1)C2.Cl. The van der Waals surface area contributed by atoms with Crippen LogP contribution >= 0.6 is 12.4 Å². The van der Waals surface area contributed by atoms with Gasteiger partial charge in [0.25, 0.3) is 0 Å². The van der Waals surface area contributed by atoms with Gasteiger partial charge in [0.05, 0.1) is 13.2 Å². The molecule has 0 aromatic rings. The fraction of sp³-hybridized carbons (Fsp3) is 0.941. The molecule has 126 valence electrons. The Bertz CT molecular complexity index is 394. The second-order valence-electron chi connectivity index (χ2n) is 7.91. The molecule has 1 heterocycles. The van der Waals surface area contributed by atoms with Gasteiger partial charge in [0.2, 0.25) is 5.91 Å². The summed E-state index contributed by atoms with van der Waals surface area (Å²) in [6.45, 7) is 5.27. The molecule has 5 rings (SSSR count). The van der Waals surface area contributed by atoms with Crippen molar-refractivity contribution in [1.82, 2.24) is 10.2 Å². The van der Waals surface area contributed by atoms with E-state index in [-0.39, 0.29) is 29.9 Å². The van der Waals surface area contributed by atoms with E-state index in [2.05, 4.69) is 17.1 Å². The van der Waals surface area contributed by atoms with Crippen molar-refractivity contribution in [2.75, 3.05) is 26.3 Å². The molecule has 1 saturated heterocycles. The van der Waals surface area contributed by atoms with Gasteiger partial charge in [-0.2, -0.15) is 0 Å². The van der Waals surface area contributed by atoms with Gasteiger partial charge in [-0.25, -0.2) is 0 Å². The lowest BCUT2D eigenvalue weighted by Gasteiger charge is -2.57. The number of carbonyl (C=O) groups excluding carboxylic acids is 1. The van der Waals surface area contributed by atoms with E-state index in [0.29, 0.717) is 6.61 Å². The fourth-order valence-corrected chi connectivity index (χ4v) is 5.87. The lowest BCUT2D eigenvalue weighted by molar-refractivity contribution is -0.138. The molecule has 4 bridgehead atoms. The number of rotatable bonds is 3. The summed E-state index contributed by atoms with van der Waals surface area (Å²) in [5, 5.41) is 3.50. The Morgan fingerprint density at radius 3 is 2.32 bits per heavy atom. The highest BCUT2D eigenvalue weighted by atomic mass is 35.5. The van der Waals surface area contributed by atoms with Crippen LogP contribution in [0.5, 0.6) is 0 Å². The predicted molar refractivity (Wildman–Crippen MR) is 88.1 cm³/mol.